The van der Waals surface area contributed by atoms with E-state index in [2.05, 4.69) is 26.1 Å². The number of sulfone groups is 1. The summed E-state index contributed by atoms with van der Waals surface area (Å²) in [7, 11) is -3.26. The normalized spacial score (nSPS) is 22.0. The van der Waals surface area contributed by atoms with E-state index in [1.807, 2.05) is 0 Å². The van der Waals surface area contributed by atoms with E-state index in [0.29, 0.717) is 17.9 Å². The summed E-state index contributed by atoms with van der Waals surface area (Å²) < 4.78 is 37.6. The summed E-state index contributed by atoms with van der Waals surface area (Å²) in [6.45, 7) is 6.47. The van der Waals surface area contributed by atoms with Crippen molar-refractivity contribution in [3.8, 4) is 0 Å². The van der Waals surface area contributed by atoms with Crippen molar-refractivity contribution in [1.29, 1.82) is 0 Å². The van der Waals surface area contributed by atoms with Crippen LogP contribution in [0.15, 0.2) is 23.1 Å². The van der Waals surface area contributed by atoms with Gasteiger partial charge >= 0.3 is 0 Å². The van der Waals surface area contributed by atoms with Crippen LogP contribution in [0, 0.1) is 11.7 Å². The Morgan fingerprint density at radius 1 is 1.29 bits per heavy atom. The molecule has 1 heterocycles. The van der Waals surface area contributed by atoms with Gasteiger partial charge in [0, 0.05) is 12.1 Å². The zero-order valence-electron chi connectivity index (χ0n) is 12.9. The fraction of sp³-hybridized carbons (Fsp3) is 0.625. The molecule has 21 heavy (non-hydrogen) atoms. The van der Waals surface area contributed by atoms with E-state index in [4.69, 9.17) is 0 Å². The van der Waals surface area contributed by atoms with E-state index in [-0.39, 0.29) is 28.5 Å². The monoisotopic (exact) mass is 313 g/mol. The lowest BCUT2D eigenvalue weighted by Crippen LogP contribution is -2.35. The topological polar surface area (TPSA) is 46.2 Å². The molecule has 2 atom stereocenters. The number of benzene rings is 1. The maximum atomic E-state index is 13.5. The van der Waals surface area contributed by atoms with Gasteiger partial charge in [-0.1, -0.05) is 13.8 Å². The Hall–Kier alpha value is -0.940. The van der Waals surface area contributed by atoms with Gasteiger partial charge in [0.15, 0.2) is 9.84 Å². The molecule has 1 aliphatic rings. The number of hydrogen-bond acceptors (Lipinski definition) is 3. The smallest absolute Gasteiger partial charge is 0.178 e. The van der Waals surface area contributed by atoms with Gasteiger partial charge in [-0.25, -0.2) is 12.8 Å². The van der Waals surface area contributed by atoms with Gasteiger partial charge in [0.25, 0.3) is 0 Å². The third kappa shape index (κ3) is 4.04. The molecule has 0 aromatic heterocycles. The minimum atomic E-state index is -3.26. The molecule has 118 valence electrons. The average molecular weight is 313 g/mol. The molecule has 2 unspecified atom stereocenters. The van der Waals surface area contributed by atoms with Crippen molar-refractivity contribution in [3.63, 3.8) is 0 Å². The first kappa shape index (κ1) is 16.4. The van der Waals surface area contributed by atoms with Gasteiger partial charge in [0.2, 0.25) is 0 Å². The summed E-state index contributed by atoms with van der Waals surface area (Å²) in [5, 5.41) is 3.46. The van der Waals surface area contributed by atoms with E-state index in [0.717, 1.165) is 12.8 Å². The minimum Gasteiger partial charge on any atom is -0.307 e. The van der Waals surface area contributed by atoms with Crippen molar-refractivity contribution in [2.24, 2.45) is 5.92 Å². The lowest BCUT2D eigenvalue weighted by molar-refractivity contribution is 0.390. The van der Waals surface area contributed by atoms with Crippen LogP contribution in [-0.4, -0.2) is 20.2 Å². The van der Waals surface area contributed by atoms with Crippen molar-refractivity contribution in [2.75, 3.05) is 5.75 Å². The van der Waals surface area contributed by atoms with Crippen molar-refractivity contribution < 1.29 is 12.8 Å². The summed E-state index contributed by atoms with van der Waals surface area (Å²) >= 11 is 0. The Balaban J connectivity index is 2.18. The zero-order chi connectivity index (χ0) is 15.6. The van der Waals surface area contributed by atoms with Crippen LogP contribution >= 0.6 is 0 Å². The molecule has 0 radical (unpaired) electrons. The van der Waals surface area contributed by atoms with Gasteiger partial charge in [-0.15, -0.1) is 0 Å². The number of hydrogen-bond donors (Lipinski definition) is 1. The van der Waals surface area contributed by atoms with Gasteiger partial charge in [-0.05, 0) is 55.9 Å². The van der Waals surface area contributed by atoms with Crippen LogP contribution in [0.2, 0.25) is 0 Å². The fourth-order valence-corrected chi connectivity index (χ4v) is 4.40. The summed E-state index contributed by atoms with van der Waals surface area (Å²) in [6, 6.07) is 4.18. The molecule has 0 saturated carbocycles. The van der Waals surface area contributed by atoms with Crippen LogP contribution in [0.4, 0.5) is 4.39 Å². The van der Waals surface area contributed by atoms with Gasteiger partial charge < -0.3 is 5.32 Å². The maximum absolute atomic E-state index is 13.5. The molecule has 2 rings (SSSR count). The third-order valence-corrected chi connectivity index (χ3v) is 5.84. The number of rotatable bonds is 5. The second kappa shape index (κ2) is 6.44. The molecule has 1 aliphatic heterocycles. The highest BCUT2D eigenvalue weighted by molar-refractivity contribution is 7.91. The maximum Gasteiger partial charge on any atom is 0.178 e. The molecule has 3 nitrogen and oxygen atoms in total. The van der Waals surface area contributed by atoms with E-state index in [1.54, 1.807) is 0 Å². The summed E-state index contributed by atoms with van der Waals surface area (Å²) in [5.41, 5.74) is 0.581. The van der Waals surface area contributed by atoms with E-state index in [9.17, 15) is 12.8 Å². The second-order valence-corrected chi connectivity index (χ2v) is 8.46. The van der Waals surface area contributed by atoms with E-state index >= 15 is 0 Å². The number of fused-ring (bicyclic) bond motifs is 1. The Labute approximate surface area is 126 Å². The van der Waals surface area contributed by atoms with Gasteiger partial charge in [0.05, 0.1) is 10.6 Å². The molecular formula is C16H24FNO2S. The van der Waals surface area contributed by atoms with Crippen molar-refractivity contribution in [3.05, 3.63) is 29.6 Å². The molecule has 1 N–H and O–H groups in total. The van der Waals surface area contributed by atoms with Crippen molar-refractivity contribution in [1.82, 2.24) is 5.32 Å². The van der Waals surface area contributed by atoms with Gasteiger partial charge in [-0.3, -0.25) is 0 Å². The van der Waals surface area contributed by atoms with Crippen LogP contribution in [0.5, 0.6) is 0 Å². The third-order valence-electron chi connectivity index (χ3n) is 4.02. The highest BCUT2D eigenvalue weighted by atomic mass is 32.2. The molecule has 0 aliphatic carbocycles. The Morgan fingerprint density at radius 2 is 2.00 bits per heavy atom. The van der Waals surface area contributed by atoms with E-state index in [1.165, 1.54) is 18.2 Å². The SMILES string of the molecule is CC(C)CCC(C)NC1CCS(=O)(=O)c2ccc(F)cc21. The van der Waals surface area contributed by atoms with Crippen molar-refractivity contribution >= 4 is 9.84 Å². The molecule has 0 fully saturated rings. The van der Waals surface area contributed by atoms with Gasteiger partial charge in [0.1, 0.15) is 5.82 Å². The highest BCUT2D eigenvalue weighted by Gasteiger charge is 2.31. The summed E-state index contributed by atoms with van der Waals surface area (Å²) in [6.07, 6.45) is 2.66. The van der Waals surface area contributed by atoms with Crippen LogP contribution in [0.3, 0.4) is 0 Å². The quantitative estimate of drug-likeness (QED) is 0.847. The molecule has 0 saturated heterocycles. The van der Waals surface area contributed by atoms with Crippen LogP contribution in [0.1, 0.15) is 51.6 Å². The first-order valence-corrected chi connectivity index (χ1v) is 9.23. The minimum absolute atomic E-state index is 0.0820. The average Bonchev–Trinajstić information content (AvgIpc) is 2.39. The van der Waals surface area contributed by atoms with Gasteiger partial charge in [-0.2, -0.15) is 0 Å². The lowest BCUT2D eigenvalue weighted by Gasteiger charge is -2.29. The molecule has 1 aromatic carbocycles. The lowest BCUT2D eigenvalue weighted by atomic mass is 10.00. The first-order chi connectivity index (χ1) is 9.79. The molecule has 0 spiro atoms. The fourth-order valence-electron chi connectivity index (χ4n) is 2.80. The zero-order valence-corrected chi connectivity index (χ0v) is 13.7. The Kier molecular flexibility index (Phi) is 5.04. The summed E-state index contributed by atoms with van der Waals surface area (Å²) in [5.74, 6) is 0.387. The Bertz CT molecular complexity index is 598. The first-order valence-electron chi connectivity index (χ1n) is 7.58. The van der Waals surface area contributed by atoms with Crippen LogP contribution < -0.4 is 5.32 Å². The van der Waals surface area contributed by atoms with Crippen LogP contribution in [-0.2, 0) is 9.84 Å². The number of halogens is 1. The molecule has 5 heteroatoms. The van der Waals surface area contributed by atoms with Crippen molar-refractivity contribution in [2.45, 2.75) is 57.0 Å². The summed E-state index contributed by atoms with van der Waals surface area (Å²) in [4.78, 5) is 0.281. The number of nitrogens with one attached hydrogen (secondary N) is 1. The van der Waals surface area contributed by atoms with E-state index < -0.39 is 9.84 Å². The van der Waals surface area contributed by atoms with Crippen LogP contribution in [0.25, 0.3) is 0 Å². The Morgan fingerprint density at radius 3 is 2.67 bits per heavy atom. The standard InChI is InChI=1S/C16H24FNO2S/c1-11(2)4-5-12(3)18-15-8-9-21(19,20)16-7-6-13(17)10-14(15)16/h6-7,10-12,15,18H,4-5,8-9H2,1-3H3. The second-order valence-electron chi connectivity index (χ2n) is 6.38. The molecular weight excluding hydrogens is 289 g/mol. The largest absolute Gasteiger partial charge is 0.307 e. The predicted molar refractivity (Wildman–Crippen MR) is 82.5 cm³/mol. The molecule has 0 bridgehead atoms. The molecule has 0 amide bonds. The predicted octanol–water partition coefficient (Wildman–Crippen LogP) is 3.46. The highest BCUT2D eigenvalue weighted by Crippen LogP contribution is 2.33. The molecule has 1 aromatic rings.